The molecule has 0 saturated heterocycles. The van der Waals surface area contributed by atoms with Gasteiger partial charge < -0.3 is 10.1 Å². The Morgan fingerprint density at radius 2 is 2.17 bits per heavy atom. The van der Waals surface area contributed by atoms with Gasteiger partial charge in [-0.05, 0) is 32.4 Å². The summed E-state index contributed by atoms with van der Waals surface area (Å²) in [5, 5.41) is 7.89. The molecule has 0 fully saturated rings. The fraction of sp³-hybridized carbons (Fsp3) is 0.375. The summed E-state index contributed by atoms with van der Waals surface area (Å²) < 4.78 is 6.85. The number of nitrogens with one attached hydrogen (secondary N) is 2. The van der Waals surface area contributed by atoms with Crippen LogP contribution in [0.1, 0.15) is 26.3 Å². The Bertz CT molecular complexity index is 922. The van der Waals surface area contributed by atoms with Crippen LogP contribution in [-0.4, -0.2) is 31.8 Å². The van der Waals surface area contributed by atoms with E-state index in [1.54, 1.807) is 24.2 Å². The first-order chi connectivity index (χ1) is 11.4. The molecule has 3 aromatic rings. The molecule has 0 atom stereocenters. The van der Waals surface area contributed by atoms with Crippen LogP contribution in [0.5, 0.6) is 5.88 Å². The molecular weight excluding hydrogens is 308 g/mol. The Morgan fingerprint density at radius 1 is 1.38 bits per heavy atom. The van der Waals surface area contributed by atoms with Gasteiger partial charge in [0.05, 0.1) is 18.8 Å². The van der Waals surface area contributed by atoms with Crippen molar-refractivity contribution in [3.8, 4) is 5.88 Å². The molecule has 2 N–H and O–H groups in total. The maximum atomic E-state index is 12.2. The summed E-state index contributed by atoms with van der Waals surface area (Å²) in [6.45, 7) is 6.52. The number of ether oxygens (including phenoxy) is 1. The second kappa shape index (κ2) is 5.95. The second-order valence-electron chi connectivity index (χ2n) is 6.44. The van der Waals surface area contributed by atoms with E-state index in [9.17, 15) is 4.79 Å². The molecule has 0 bridgehead atoms. The lowest BCUT2D eigenvalue weighted by atomic mass is 10.1. The zero-order valence-electron chi connectivity index (χ0n) is 14.1. The summed E-state index contributed by atoms with van der Waals surface area (Å²) >= 11 is 0. The smallest absolute Gasteiger partial charge is 0.263 e. The van der Waals surface area contributed by atoms with Crippen molar-refractivity contribution >= 4 is 17.0 Å². The number of hydrogen-bond donors (Lipinski definition) is 2. The normalized spacial score (nSPS) is 11.7. The third kappa shape index (κ3) is 3.08. The molecular formula is C16H20N6O2. The van der Waals surface area contributed by atoms with Crippen LogP contribution in [0.3, 0.4) is 0 Å². The van der Waals surface area contributed by atoms with E-state index >= 15 is 0 Å². The van der Waals surface area contributed by atoms with E-state index in [1.165, 1.54) is 0 Å². The summed E-state index contributed by atoms with van der Waals surface area (Å²) in [5.41, 5.74) is 1.04. The quantitative estimate of drug-likeness (QED) is 0.759. The fourth-order valence-corrected chi connectivity index (χ4v) is 2.35. The molecule has 3 rings (SSSR count). The molecule has 0 saturated carbocycles. The number of aromatic nitrogens is 5. The number of pyridine rings is 1. The molecule has 0 spiro atoms. The molecule has 0 aliphatic heterocycles. The minimum Gasteiger partial charge on any atom is -0.481 e. The number of anilines is 1. The van der Waals surface area contributed by atoms with Gasteiger partial charge in [0.1, 0.15) is 5.39 Å². The van der Waals surface area contributed by atoms with E-state index in [0.717, 1.165) is 5.56 Å². The molecule has 0 unspecified atom stereocenters. The fourth-order valence-electron chi connectivity index (χ4n) is 2.35. The van der Waals surface area contributed by atoms with Crippen molar-refractivity contribution in [1.82, 2.24) is 24.7 Å². The van der Waals surface area contributed by atoms with E-state index in [1.807, 2.05) is 32.9 Å². The maximum absolute atomic E-state index is 12.2. The minimum atomic E-state index is -0.266. The highest BCUT2D eigenvalue weighted by molar-refractivity contribution is 5.74. The van der Waals surface area contributed by atoms with Crippen LogP contribution in [-0.2, 0) is 12.1 Å². The van der Waals surface area contributed by atoms with Crippen molar-refractivity contribution in [2.24, 2.45) is 0 Å². The maximum Gasteiger partial charge on any atom is 0.263 e. The van der Waals surface area contributed by atoms with Crippen LogP contribution >= 0.6 is 0 Å². The Hall–Kier alpha value is -2.90. The highest BCUT2D eigenvalue weighted by atomic mass is 16.5. The van der Waals surface area contributed by atoms with Crippen molar-refractivity contribution in [3.63, 3.8) is 0 Å². The molecule has 3 heterocycles. The topological polar surface area (TPSA) is 97.7 Å². The molecule has 8 nitrogen and oxygen atoms in total. The number of aromatic amines is 1. The van der Waals surface area contributed by atoms with Crippen LogP contribution in [0.15, 0.2) is 29.3 Å². The van der Waals surface area contributed by atoms with E-state index in [4.69, 9.17) is 4.74 Å². The standard InChI is InChI=1S/C16H20N6O2/c1-16(2,3)22-13-11(9-19-22)14(23)21-15(20-13)18-8-10-5-6-17-12(7-10)24-4/h5-7,9H,8H2,1-4H3,(H2,18,20,21,23). The van der Waals surface area contributed by atoms with Gasteiger partial charge in [-0.15, -0.1) is 0 Å². The van der Waals surface area contributed by atoms with Gasteiger partial charge >= 0.3 is 0 Å². The number of nitrogens with zero attached hydrogens (tertiary/aromatic N) is 4. The molecule has 0 aliphatic rings. The number of methoxy groups -OCH3 is 1. The van der Waals surface area contributed by atoms with E-state index < -0.39 is 0 Å². The van der Waals surface area contributed by atoms with Crippen molar-refractivity contribution in [2.75, 3.05) is 12.4 Å². The van der Waals surface area contributed by atoms with Gasteiger partial charge in [-0.1, -0.05) is 0 Å². The minimum absolute atomic E-state index is 0.217. The number of hydrogen-bond acceptors (Lipinski definition) is 6. The molecule has 0 aromatic carbocycles. The number of H-pyrrole nitrogens is 1. The van der Waals surface area contributed by atoms with Crippen molar-refractivity contribution < 1.29 is 4.74 Å². The predicted molar refractivity (Wildman–Crippen MR) is 91.3 cm³/mol. The Kier molecular flexibility index (Phi) is 3.96. The van der Waals surface area contributed by atoms with Gasteiger partial charge in [0.25, 0.3) is 5.56 Å². The second-order valence-corrected chi connectivity index (χ2v) is 6.44. The summed E-state index contributed by atoms with van der Waals surface area (Å²) in [5.74, 6) is 0.936. The zero-order chi connectivity index (χ0) is 17.3. The third-order valence-corrected chi connectivity index (χ3v) is 3.54. The Balaban J connectivity index is 1.91. The average Bonchev–Trinajstić information content (AvgIpc) is 2.98. The largest absolute Gasteiger partial charge is 0.481 e. The summed E-state index contributed by atoms with van der Waals surface area (Å²) in [6.07, 6.45) is 3.22. The van der Waals surface area contributed by atoms with E-state index in [2.05, 4.69) is 25.4 Å². The summed E-state index contributed by atoms with van der Waals surface area (Å²) in [7, 11) is 1.57. The van der Waals surface area contributed by atoms with Gasteiger partial charge in [-0.3, -0.25) is 9.78 Å². The highest BCUT2D eigenvalue weighted by Crippen LogP contribution is 2.19. The molecule has 24 heavy (non-hydrogen) atoms. The van der Waals surface area contributed by atoms with Gasteiger partial charge in [0.15, 0.2) is 5.65 Å². The van der Waals surface area contributed by atoms with Gasteiger partial charge in [-0.2, -0.15) is 10.1 Å². The van der Waals surface area contributed by atoms with Crippen LogP contribution in [0, 0.1) is 0 Å². The highest BCUT2D eigenvalue weighted by Gasteiger charge is 2.19. The molecule has 126 valence electrons. The summed E-state index contributed by atoms with van der Waals surface area (Å²) in [4.78, 5) is 23.5. The predicted octanol–water partition coefficient (Wildman–Crippen LogP) is 1.89. The van der Waals surface area contributed by atoms with Crippen LogP contribution < -0.4 is 15.6 Å². The molecule has 0 amide bonds. The van der Waals surface area contributed by atoms with Crippen molar-refractivity contribution in [3.05, 3.63) is 40.4 Å². The Morgan fingerprint density at radius 3 is 2.88 bits per heavy atom. The van der Waals surface area contributed by atoms with Crippen LogP contribution in [0.25, 0.3) is 11.0 Å². The van der Waals surface area contributed by atoms with Crippen molar-refractivity contribution in [1.29, 1.82) is 0 Å². The Labute approximate surface area is 138 Å². The van der Waals surface area contributed by atoms with Crippen molar-refractivity contribution in [2.45, 2.75) is 32.9 Å². The number of fused-ring (bicyclic) bond motifs is 1. The average molecular weight is 328 g/mol. The molecule has 0 aliphatic carbocycles. The van der Waals surface area contributed by atoms with E-state index in [0.29, 0.717) is 29.4 Å². The molecule has 3 aromatic heterocycles. The van der Waals surface area contributed by atoms with Gasteiger partial charge in [-0.25, -0.2) is 9.67 Å². The van der Waals surface area contributed by atoms with Gasteiger partial charge in [0.2, 0.25) is 11.8 Å². The first-order valence-electron chi connectivity index (χ1n) is 7.60. The third-order valence-electron chi connectivity index (χ3n) is 3.54. The lowest BCUT2D eigenvalue weighted by Gasteiger charge is -2.19. The van der Waals surface area contributed by atoms with E-state index in [-0.39, 0.29) is 11.1 Å². The molecule has 0 radical (unpaired) electrons. The first-order valence-corrected chi connectivity index (χ1v) is 7.60. The lowest BCUT2D eigenvalue weighted by Crippen LogP contribution is -2.24. The lowest BCUT2D eigenvalue weighted by molar-refractivity contribution is 0.366. The first kappa shape index (κ1) is 16.0. The summed E-state index contributed by atoms with van der Waals surface area (Å²) in [6, 6.07) is 3.69. The molecule has 8 heteroatoms. The van der Waals surface area contributed by atoms with Crippen LogP contribution in [0.4, 0.5) is 5.95 Å². The SMILES string of the molecule is COc1cc(CNc2nc3c(cnn3C(C)(C)C)c(=O)[nH]2)ccn1. The number of rotatable bonds is 4. The zero-order valence-corrected chi connectivity index (χ0v) is 14.1. The van der Waals surface area contributed by atoms with Gasteiger partial charge in [0, 0.05) is 18.8 Å². The van der Waals surface area contributed by atoms with Crippen LogP contribution in [0.2, 0.25) is 0 Å². The monoisotopic (exact) mass is 328 g/mol.